The summed E-state index contributed by atoms with van der Waals surface area (Å²) in [7, 11) is -0.385. The zero-order valence-corrected chi connectivity index (χ0v) is 23.7. The molecule has 0 saturated carbocycles. The zero-order chi connectivity index (χ0) is 27.5. The highest BCUT2D eigenvalue weighted by atomic mass is 32.2. The van der Waals surface area contributed by atoms with Gasteiger partial charge in [-0.25, -0.2) is 0 Å². The second kappa shape index (κ2) is 14.6. The minimum Gasteiger partial charge on any atom is -0.489 e. The van der Waals surface area contributed by atoms with E-state index in [0.717, 1.165) is 37.5 Å². The third kappa shape index (κ3) is 8.48. The third-order valence-corrected chi connectivity index (χ3v) is 7.93. The number of pyridine rings is 1. The Bertz CT molecular complexity index is 1210. The maximum absolute atomic E-state index is 6.14. The van der Waals surface area contributed by atoms with E-state index in [-0.39, 0.29) is 23.5 Å². The minimum atomic E-state index is -0.385. The molecule has 1 aromatic heterocycles. The van der Waals surface area contributed by atoms with Crippen molar-refractivity contribution in [1.82, 2.24) is 4.98 Å². The molecule has 0 bridgehead atoms. The van der Waals surface area contributed by atoms with Gasteiger partial charge in [0, 0.05) is 31.7 Å². The first-order valence-electron chi connectivity index (χ1n) is 13.2. The van der Waals surface area contributed by atoms with E-state index in [2.05, 4.69) is 41.4 Å². The van der Waals surface area contributed by atoms with Gasteiger partial charge in [0.2, 0.25) is 0 Å². The largest absolute Gasteiger partial charge is 0.489 e. The molecule has 0 N–H and O–H groups in total. The van der Waals surface area contributed by atoms with Crippen LogP contribution in [0.1, 0.15) is 33.3 Å². The Balaban J connectivity index is 1.61. The van der Waals surface area contributed by atoms with E-state index in [1.165, 1.54) is 0 Å². The van der Waals surface area contributed by atoms with Gasteiger partial charge in [-0.15, -0.1) is 0 Å². The molecule has 0 aliphatic carbocycles. The monoisotopic (exact) mass is 546 g/mol. The lowest BCUT2D eigenvalue weighted by Crippen LogP contribution is -2.16. The smallest absolute Gasteiger partial charge is 0.196 e. The summed E-state index contributed by atoms with van der Waals surface area (Å²) < 4.78 is 29.0. The number of nitrogens with zero attached hydrogens (tertiary/aromatic N) is 1. The van der Waals surface area contributed by atoms with Crippen molar-refractivity contribution in [2.75, 3.05) is 13.2 Å². The first-order chi connectivity index (χ1) is 19.1. The van der Waals surface area contributed by atoms with Gasteiger partial charge in [0.05, 0.1) is 10.9 Å². The van der Waals surface area contributed by atoms with E-state index in [1.807, 2.05) is 76.2 Å². The summed E-state index contributed by atoms with van der Waals surface area (Å²) in [6, 6.07) is 28.7. The average Bonchev–Trinajstić information content (AvgIpc) is 2.95. The van der Waals surface area contributed by atoms with Gasteiger partial charge in [-0.05, 0) is 106 Å². The summed E-state index contributed by atoms with van der Waals surface area (Å²) in [4.78, 5) is 7.55. The minimum absolute atomic E-state index is 0.306. The van der Waals surface area contributed by atoms with Crippen molar-refractivity contribution >= 4 is 10.9 Å². The second-order valence-corrected chi connectivity index (χ2v) is 10.7. The molecule has 4 rings (SSSR count). The Morgan fingerprint density at radius 1 is 0.641 bits per heavy atom. The lowest BCUT2D eigenvalue weighted by molar-refractivity contribution is -0.0616. The molecule has 0 aliphatic rings. The summed E-state index contributed by atoms with van der Waals surface area (Å²) in [5.41, 5.74) is 1.07. The van der Waals surface area contributed by atoms with Gasteiger partial charge in [0.15, 0.2) is 27.3 Å². The summed E-state index contributed by atoms with van der Waals surface area (Å²) in [5.74, 6) is 2.36. The number of ether oxygens (including phenoxy) is 5. The molecule has 0 amide bonds. The molecular weight excluding hydrogens is 510 g/mol. The van der Waals surface area contributed by atoms with E-state index >= 15 is 0 Å². The van der Waals surface area contributed by atoms with Crippen LogP contribution in [0.15, 0.2) is 112 Å². The molecule has 7 heteroatoms. The highest BCUT2D eigenvalue weighted by Crippen LogP contribution is 2.35. The molecule has 1 heterocycles. The predicted molar refractivity (Wildman–Crippen MR) is 153 cm³/mol. The summed E-state index contributed by atoms with van der Waals surface area (Å²) in [6.07, 6.45) is 2.94. The van der Waals surface area contributed by atoms with Gasteiger partial charge in [-0.1, -0.05) is 6.07 Å². The molecule has 6 nitrogen and oxygen atoms in total. The van der Waals surface area contributed by atoms with Crippen LogP contribution < -0.4 is 14.2 Å². The van der Waals surface area contributed by atoms with Crippen molar-refractivity contribution in [2.45, 2.75) is 61.6 Å². The van der Waals surface area contributed by atoms with Gasteiger partial charge in [0.25, 0.3) is 0 Å². The van der Waals surface area contributed by atoms with Crippen LogP contribution in [0.5, 0.6) is 17.2 Å². The van der Waals surface area contributed by atoms with Crippen LogP contribution in [0.4, 0.5) is 0 Å². The van der Waals surface area contributed by atoms with Gasteiger partial charge in [-0.3, -0.25) is 4.98 Å². The molecule has 0 aliphatic heterocycles. The van der Waals surface area contributed by atoms with Crippen LogP contribution in [-0.4, -0.2) is 30.8 Å². The van der Waals surface area contributed by atoms with Crippen molar-refractivity contribution in [1.29, 1.82) is 0 Å². The first-order valence-corrected chi connectivity index (χ1v) is 14.4. The average molecular weight is 547 g/mol. The summed E-state index contributed by atoms with van der Waals surface area (Å²) in [6.45, 7) is 9.39. The lowest BCUT2D eigenvalue weighted by atomic mass is 10.3. The van der Waals surface area contributed by atoms with Crippen LogP contribution in [0.3, 0.4) is 0 Å². The van der Waals surface area contributed by atoms with E-state index < -0.39 is 0 Å². The molecule has 2 atom stereocenters. The first kappa shape index (κ1) is 28.5. The number of benzene rings is 3. The topological polar surface area (TPSA) is 59.0 Å². The molecule has 0 saturated heterocycles. The molecule has 0 fully saturated rings. The van der Waals surface area contributed by atoms with Crippen molar-refractivity contribution in [2.24, 2.45) is 0 Å². The van der Waals surface area contributed by atoms with Crippen LogP contribution in [0, 0.1) is 0 Å². The molecule has 2 unspecified atom stereocenters. The van der Waals surface area contributed by atoms with Crippen molar-refractivity contribution in [3.63, 3.8) is 0 Å². The van der Waals surface area contributed by atoms with Crippen molar-refractivity contribution in [3.8, 4) is 17.2 Å². The van der Waals surface area contributed by atoms with E-state index in [9.17, 15) is 0 Å². The Morgan fingerprint density at radius 2 is 1.18 bits per heavy atom. The van der Waals surface area contributed by atoms with E-state index in [4.69, 9.17) is 23.7 Å². The maximum Gasteiger partial charge on any atom is 0.196 e. The second-order valence-electron chi connectivity index (χ2n) is 8.65. The molecule has 204 valence electrons. The molecule has 3 aromatic carbocycles. The standard InChI is InChI=1S/C32H36NO5S/c1-5-34-24(3)37-27-10-14-30(15-11-27)39(31-16-12-28(13-17-31)38-25(4)35-6-2)32-9-7-8-29(22-32)36-23-26-18-20-33-21-19-26/h7-22,24-25H,5-6,23H2,1-4H3/q+1. The van der Waals surface area contributed by atoms with Crippen LogP contribution in [0.2, 0.25) is 0 Å². The number of aromatic nitrogens is 1. The maximum atomic E-state index is 6.14. The van der Waals surface area contributed by atoms with Crippen molar-refractivity contribution < 1.29 is 23.7 Å². The Labute approximate surface area is 234 Å². The Morgan fingerprint density at radius 3 is 1.69 bits per heavy atom. The number of hydrogen-bond acceptors (Lipinski definition) is 6. The molecular formula is C32H36NO5S+. The zero-order valence-electron chi connectivity index (χ0n) is 22.9. The fraction of sp³-hybridized carbons (Fsp3) is 0.281. The highest BCUT2D eigenvalue weighted by Gasteiger charge is 2.29. The number of rotatable bonds is 14. The highest BCUT2D eigenvalue weighted by molar-refractivity contribution is 7.97. The lowest BCUT2D eigenvalue weighted by Gasteiger charge is -2.16. The molecule has 0 radical (unpaired) electrons. The van der Waals surface area contributed by atoms with E-state index in [1.54, 1.807) is 12.4 Å². The molecule has 39 heavy (non-hydrogen) atoms. The van der Waals surface area contributed by atoms with Crippen molar-refractivity contribution in [3.05, 3.63) is 103 Å². The molecule has 4 aromatic rings. The van der Waals surface area contributed by atoms with Gasteiger partial charge < -0.3 is 23.7 Å². The van der Waals surface area contributed by atoms with Gasteiger partial charge in [0.1, 0.15) is 23.9 Å². The summed E-state index contributed by atoms with van der Waals surface area (Å²) >= 11 is 0. The number of hydrogen-bond donors (Lipinski definition) is 0. The third-order valence-electron chi connectivity index (χ3n) is 5.72. The normalized spacial score (nSPS) is 13.3. The predicted octanol–water partition coefficient (Wildman–Crippen LogP) is 7.28. The fourth-order valence-corrected chi connectivity index (χ4v) is 6.06. The van der Waals surface area contributed by atoms with Crippen LogP contribution >= 0.6 is 0 Å². The van der Waals surface area contributed by atoms with Gasteiger partial charge in [-0.2, -0.15) is 0 Å². The quantitative estimate of drug-likeness (QED) is 0.122. The SMILES string of the molecule is CCOC(C)Oc1ccc([S+](c2ccc(OC(C)OCC)cc2)c2cccc(OCc3ccncc3)c2)cc1. The van der Waals surface area contributed by atoms with Crippen LogP contribution in [0.25, 0.3) is 0 Å². The Hall–Kier alpha value is -3.52. The van der Waals surface area contributed by atoms with Gasteiger partial charge >= 0.3 is 0 Å². The van der Waals surface area contributed by atoms with Crippen LogP contribution in [-0.2, 0) is 27.0 Å². The molecule has 0 spiro atoms. The Kier molecular flexibility index (Phi) is 10.7. The van der Waals surface area contributed by atoms with E-state index in [0.29, 0.717) is 19.8 Å². The fourth-order valence-electron chi connectivity index (χ4n) is 3.97. The summed E-state index contributed by atoms with van der Waals surface area (Å²) in [5, 5.41) is 0.